The molecule has 21 heavy (non-hydrogen) atoms. The van der Waals surface area contributed by atoms with Gasteiger partial charge in [0.25, 0.3) is 0 Å². The molecule has 110 valence electrons. The number of fused-ring (bicyclic) bond motifs is 1. The van der Waals surface area contributed by atoms with Gasteiger partial charge in [0.1, 0.15) is 11.3 Å². The van der Waals surface area contributed by atoms with Crippen molar-refractivity contribution in [2.75, 3.05) is 13.7 Å². The van der Waals surface area contributed by atoms with Crippen molar-refractivity contribution in [1.29, 1.82) is 0 Å². The second-order valence-electron chi connectivity index (χ2n) is 4.59. The summed E-state index contributed by atoms with van der Waals surface area (Å²) in [6, 6.07) is 10.8. The molecule has 0 saturated carbocycles. The van der Waals surface area contributed by atoms with Crippen molar-refractivity contribution in [2.24, 2.45) is 0 Å². The smallest absolute Gasteiger partial charge is 0.339 e. The lowest BCUT2D eigenvalue weighted by Crippen LogP contribution is -2.18. The summed E-state index contributed by atoms with van der Waals surface area (Å²) in [7, 11) is 1.58. The molecule has 2 N–H and O–H groups in total. The van der Waals surface area contributed by atoms with Gasteiger partial charge in [-0.15, -0.1) is 0 Å². The maximum atomic E-state index is 11.3. The topological polar surface area (TPSA) is 75.6 Å². The number of carbonyl (C=O) groups excluding carboxylic acids is 1. The van der Waals surface area contributed by atoms with E-state index in [1.165, 1.54) is 0 Å². The van der Waals surface area contributed by atoms with Crippen LogP contribution in [0.3, 0.4) is 0 Å². The number of hydrogen-bond acceptors (Lipinski definition) is 3. The Morgan fingerprint density at radius 2 is 1.95 bits per heavy atom. The Labute approximate surface area is 122 Å². The molecule has 0 unspecified atom stereocenters. The molecule has 0 bridgehead atoms. The molecule has 0 atom stereocenters. The fourth-order valence-corrected chi connectivity index (χ4v) is 2.10. The van der Waals surface area contributed by atoms with E-state index in [0.717, 1.165) is 10.8 Å². The average molecular weight is 287 g/mol. The summed E-state index contributed by atoms with van der Waals surface area (Å²) >= 11 is 0. The third-order valence-electron chi connectivity index (χ3n) is 3.18. The van der Waals surface area contributed by atoms with Crippen LogP contribution in [0.25, 0.3) is 10.8 Å². The van der Waals surface area contributed by atoms with Crippen molar-refractivity contribution < 1.29 is 19.4 Å². The lowest BCUT2D eigenvalue weighted by Gasteiger charge is -2.12. The van der Waals surface area contributed by atoms with Gasteiger partial charge in [-0.3, -0.25) is 4.79 Å². The number of carboxylic acids is 1. The first-order valence-electron chi connectivity index (χ1n) is 6.72. The van der Waals surface area contributed by atoms with Crippen molar-refractivity contribution in [3.05, 3.63) is 42.0 Å². The van der Waals surface area contributed by atoms with Crippen LogP contribution in [-0.2, 0) is 4.79 Å². The van der Waals surface area contributed by atoms with Crippen molar-refractivity contribution in [2.45, 2.75) is 12.8 Å². The van der Waals surface area contributed by atoms with E-state index >= 15 is 0 Å². The van der Waals surface area contributed by atoms with Gasteiger partial charge in [0, 0.05) is 18.9 Å². The Hall–Kier alpha value is -2.56. The molecule has 0 fully saturated rings. The molecule has 1 amide bonds. The average Bonchev–Trinajstić information content (AvgIpc) is 2.50. The van der Waals surface area contributed by atoms with Gasteiger partial charge in [0.15, 0.2) is 0 Å². The van der Waals surface area contributed by atoms with Gasteiger partial charge in [0.2, 0.25) is 5.91 Å². The molecule has 5 nitrogen and oxygen atoms in total. The molecule has 0 aliphatic rings. The van der Waals surface area contributed by atoms with Crippen molar-refractivity contribution in [3.63, 3.8) is 0 Å². The molecule has 2 rings (SSSR count). The molecule has 0 saturated heterocycles. The van der Waals surface area contributed by atoms with Crippen LogP contribution in [0.15, 0.2) is 36.4 Å². The van der Waals surface area contributed by atoms with Crippen LogP contribution in [0.4, 0.5) is 0 Å². The lowest BCUT2D eigenvalue weighted by atomic mass is 10.1. The number of carbonyl (C=O) groups is 2. The zero-order valence-electron chi connectivity index (χ0n) is 11.8. The molecule has 2 aromatic rings. The third kappa shape index (κ3) is 3.51. The molecule has 0 heterocycles. The van der Waals surface area contributed by atoms with E-state index in [2.05, 4.69) is 5.32 Å². The van der Waals surface area contributed by atoms with Crippen LogP contribution in [0.2, 0.25) is 0 Å². The van der Waals surface area contributed by atoms with Gasteiger partial charge in [-0.05, 0) is 17.9 Å². The Morgan fingerprint density at radius 3 is 2.67 bits per heavy atom. The van der Waals surface area contributed by atoms with Crippen LogP contribution in [-0.4, -0.2) is 30.6 Å². The van der Waals surface area contributed by atoms with Crippen LogP contribution in [0.5, 0.6) is 5.75 Å². The first kappa shape index (κ1) is 14.8. The fourth-order valence-electron chi connectivity index (χ4n) is 2.10. The van der Waals surface area contributed by atoms with E-state index in [-0.39, 0.29) is 11.5 Å². The highest BCUT2D eigenvalue weighted by Crippen LogP contribution is 2.30. The van der Waals surface area contributed by atoms with Crippen LogP contribution >= 0.6 is 0 Å². The largest absolute Gasteiger partial charge is 0.492 e. The molecule has 0 aliphatic carbocycles. The number of aromatic carboxylic acids is 1. The number of rotatable bonds is 6. The van der Waals surface area contributed by atoms with Gasteiger partial charge >= 0.3 is 5.97 Å². The fraction of sp³-hybridized carbons (Fsp3) is 0.250. The summed E-state index contributed by atoms with van der Waals surface area (Å²) < 4.78 is 5.65. The number of ether oxygens (including phenoxy) is 1. The minimum Gasteiger partial charge on any atom is -0.492 e. The second kappa shape index (κ2) is 6.74. The maximum absolute atomic E-state index is 11.3. The SMILES string of the molecule is CNC(=O)CCCOc1c(C(=O)O)ccc2ccccc12. The zero-order valence-corrected chi connectivity index (χ0v) is 11.8. The summed E-state index contributed by atoms with van der Waals surface area (Å²) in [6.07, 6.45) is 0.881. The molecule has 2 aromatic carbocycles. The monoisotopic (exact) mass is 287 g/mol. The predicted molar refractivity (Wildman–Crippen MR) is 79.7 cm³/mol. The van der Waals surface area contributed by atoms with Crippen molar-refractivity contribution >= 4 is 22.6 Å². The number of carboxylic acid groups (broad SMARTS) is 1. The highest BCUT2D eigenvalue weighted by atomic mass is 16.5. The molecule has 0 aromatic heterocycles. The minimum absolute atomic E-state index is 0.0602. The standard InChI is InChI=1S/C16H17NO4/c1-17-14(18)7-4-10-21-15-12-6-3-2-5-11(12)8-9-13(15)16(19)20/h2-3,5-6,8-9H,4,7,10H2,1H3,(H,17,18)(H,19,20). The predicted octanol–water partition coefficient (Wildman–Crippen LogP) is 2.44. The highest BCUT2D eigenvalue weighted by Gasteiger charge is 2.14. The van der Waals surface area contributed by atoms with Crippen LogP contribution in [0.1, 0.15) is 23.2 Å². The maximum Gasteiger partial charge on any atom is 0.339 e. The van der Waals surface area contributed by atoms with Crippen molar-refractivity contribution in [3.8, 4) is 5.75 Å². The number of amides is 1. The highest BCUT2D eigenvalue weighted by molar-refractivity contribution is 6.00. The number of hydrogen-bond donors (Lipinski definition) is 2. The first-order valence-corrected chi connectivity index (χ1v) is 6.72. The molecular formula is C16H17NO4. The normalized spacial score (nSPS) is 10.3. The molecule has 0 aliphatic heterocycles. The first-order chi connectivity index (χ1) is 10.1. The summed E-state index contributed by atoms with van der Waals surface area (Å²) in [5, 5.41) is 13.5. The Balaban J connectivity index is 2.21. The van der Waals surface area contributed by atoms with Gasteiger partial charge in [0.05, 0.1) is 6.61 Å². The van der Waals surface area contributed by atoms with E-state index in [1.54, 1.807) is 19.2 Å². The second-order valence-corrected chi connectivity index (χ2v) is 4.59. The van der Waals surface area contributed by atoms with Crippen LogP contribution in [0, 0.1) is 0 Å². The van der Waals surface area contributed by atoms with E-state index < -0.39 is 5.97 Å². The van der Waals surface area contributed by atoms with E-state index in [9.17, 15) is 14.7 Å². The zero-order chi connectivity index (χ0) is 15.2. The minimum atomic E-state index is -1.03. The summed E-state index contributed by atoms with van der Waals surface area (Å²) in [5.74, 6) is -0.727. The van der Waals surface area contributed by atoms with E-state index in [0.29, 0.717) is 25.2 Å². The van der Waals surface area contributed by atoms with Gasteiger partial charge in [-0.2, -0.15) is 0 Å². The Bertz CT molecular complexity index is 666. The quantitative estimate of drug-likeness (QED) is 0.800. The molecular weight excluding hydrogens is 270 g/mol. The number of benzene rings is 2. The van der Waals surface area contributed by atoms with Gasteiger partial charge in [-0.25, -0.2) is 4.79 Å². The molecule has 5 heteroatoms. The van der Waals surface area contributed by atoms with Gasteiger partial charge < -0.3 is 15.2 Å². The number of nitrogens with one attached hydrogen (secondary N) is 1. The lowest BCUT2D eigenvalue weighted by molar-refractivity contribution is -0.120. The molecule has 0 radical (unpaired) electrons. The third-order valence-corrected chi connectivity index (χ3v) is 3.18. The summed E-state index contributed by atoms with van der Waals surface area (Å²) in [4.78, 5) is 22.5. The van der Waals surface area contributed by atoms with Crippen molar-refractivity contribution in [1.82, 2.24) is 5.32 Å². The molecule has 0 spiro atoms. The summed E-state index contributed by atoms with van der Waals surface area (Å²) in [5.41, 5.74) is 0.133. The Kier molecular flexibility index (Phi) is 4.77. The van der Waals surface area contributed by atoms with E-state index in [4.69, 9.17) is 4.74 Å². The van der Waals surface area contributed by atoms with Crippen LogP contribution < -0.4 is 10.1 Å². The van der Waals surface area contributed by atoms with Gasteiger partial charge in [-0.1, -0.05) is 30.3 Å². The Morgan fingerprint density at radius 1 is 1.19 bits per heavy atom. The summed E-state index contributed by atoms with van der Waals surface area (Å²) in [6.45, 7) is 0.293. The van der Waals surface area contributed by atoms with E-state index in [1.807, 2.05) is 24.3 Å².